The maximum absolute atomic E-state index is 11.6. The first kappa shape index (κ1) is 17.3. The van der Waals surface area contributed by atoms with Crippen molar-refractivity contribution in [3.63, 3.8) is 0 Å². The molecule has 1 rings (SSSR count). The molecule has 1 aromatic rings. The van der Waals surface area contributed by atoms with Crippen LogP contribution in [0.15, 0.2) is 18.2 Å². The Kier molecular flexibility index (Phi) is 7.56. The Morgan fingerprint density at radius 2 is 2.10 bits per heavy atom. The highest BCUT2D eigenvalue weighted by Gasteiger charge is 2.10. The minimum Gasteiger partial charge on any atom is -0.382 e. The molecule has 0 saturated heterocycles. The van der Waals surface area contributed by atoms with E-state index in [-0.39, 0.29) is 17.0 Å². The molecule has 3 N–H and O–H groups in total. The first-order valence-corrected chi connectivity index (χ1v) is 7.10. The summed E-state index contributed by atoms with van der Waals surface area (Å²) in [4.78, 5) is 23.1. The molecule has 0 aliphatic carbocycles. The number of ether oxygens (including phenoxy) is 1. The third-order valence-electron chi connectivity index (χ3n) is 2.65. The Balaban J connectivity index is 2.46. The fraction of sp³-hybridized carbons (Fsp3) is 0.429. The number of halogens is 1. The zero-order valence-corrected chi connectivity index (χ0v) is 12.9. The van der Waals surface area contributed by atoms with E-state index in [0.29, 0.717) is 31.0 Å². The van der Waals surface area contributed by atoms with Crippen molar-refractivity contribution in [3.05, 3.63) is 28.8 Å². The van der Waals surface area contributed by atoms with E-state index in [1.54, 1.807) is 12.1 Å². The van der Waals surface area contributed by atoms with Gasteiger partial charge in [-0.15, -0.1) is 0 Å². The Morgan fingerprint density at radius 3 is 2.71 bits per heavy atom. The lowest BCUT2D eigenvalue weighted by Crippen LogP contribution is -2.30. The lowest BCUT2D eigenvalue weighted by molar-refractivity contribution is 0.0963. The molecule has 0 spiro atoms. The van der Waals surface area contributed by atoms with E-state index in [1.807, 2.05) is 6.92 Å². The van der Waals surface area contributed by atoms with Crippen LogP contribution in [0.3, 0.4) is 0 Å². The maximum atomic E-state index is 11.6. The summed E-state index contributed by atoms with van der Waals surface area (Å²) in [5, 5.41) is 8.13. The van der Waals surface area contributed by atoms with Gasteiger partial charge in [0.25, 0.3) is 5.91 Å². The van der Waals surface area contributed by atoms with E-state index in [0.717, 1.165) is 6.42 Å². The molecule has 0 fully saturated rings. The second-order valence-corrected chi connectivity index (χ2v) is 4.61. The summed E-state index contributed by atoms with van der Waals surface area (Å²) in [6.07, 6.45) is 0.748. The van der Waals surface area contributed by atoms with Gasteiger partial charge in [0.15, 0.2) is 0 Å². The van der Waals surface area contributed by atoms with Gasteiger partial charge in [-0.25, -0.2) is 4.79 Å². The molecule has 6 nitrogen and oxygen atoms in total. The number of hydrogen-bond donors (Lipinski definition) is 3. The van der Waals surface area contributed by atoms with Crippen molar-refractivity contribution in [1.29, 1.82) is 0 Å². The molecule has 0 unspecified atom stereocenters. The number of nitrogens with one attached hydrogen (secondary N) is 3. The van der Waals surface area contributed by atoms with Gasteiger partial charge in [-0.1, -0.05) is 11.6 Å². The van der Waals surface area contributed by atoms with Gasteiger partial charge in [-0.2, -0.15) is 0 Å². The van der Waals surface area contributed by atoms with Crippen LogP contribution >= 0.6 is 11.6 Å². The van der Waals surface area contributed by atoms with Crippen LogP contribution in [0, 0.1) is 0 Å². The second-order valence-electron chi connectivity index (χ2n) is 4.21. The highest BCUT2D eigenvalue weighted by Crippen LogP contribution is 2.20. The number of urea groups is 1. The molecule has 0 aliphatic rings. The molecule has 0 heterocycles. The number of amides is 3. The van der Waals surface area contributed by atoms with E-state index in [9.17, 15) is 9.59 Å². The number of benzene rings is 1. The highest BCUT2D eigenvalue weighted by atomic mass is 35.5. The smallest absolute Gasteiger partial charge is 0.319 e. The van der Waals surface area contributed by atoms with Crippen LogP contribution in [0.4, 0.5) is 10.5 Å². The molecule has 21 heavy (non-hydrogen) atoms. The fourth-order valence-corrected chi connectivity index (χ4v) is 1.87. The van der Waals surface area contributed by atoms with Crippen molar-refractivity contribution in [2.24, 2.45) is 0 Å². The highest BCUT2D eigenvalue weighted by molar-refractivity contribution is 6.34. The molecule has 1 aromatic carbocycles. The monoisotopic (exact) mass is 313 g/mol. The topological polar surface area (TPSA) is 79.5 Å². The third kappa shape index (κ3) is 6.01. The molecule has 116 valence electrons. The number of carbonyl (C=O) groups is 2. The van der Waals surface area contributed by atoms with Gasteiger partial charge in [0, 0.05) is 32.5 Å². The fourth-order valence-electron chi connectivity index (χ4n) is 1.61. The van der Waals surface area contributed by atoms with Crippen LogP contribution in [0.2, 0.25) is 5.02 Å². The Morgan fingerprint density at radius 1 is 1.33 bits per heavy atom. The van der Waals surface area contributed by atoms with E-state index in [2.05, 4.69) is 16.0 Å². The number of carbonyl (C=O) groups excluding carboxylic acids is 2. The predicted octanol–water partition coefficient (Wildman–Crippen LogP) is 2.25. The summed E-state index contributed by atoms with van der Waals surface area (Å²) in [6, 6.07) is 4.39. The van der Waals surface area contributed by atoms with E-state index in [1.165, 1.54) is 13.1 Å². The van der Waals surface area contributed by atoms with Crippen LogP contribution in [-0.4, -0.2) is 38.7 Å². The third-order valence-corrected chi connectivity index (χ3v) is 2.97. The first-order valence-electron chi connectivity index (χ1n) is 6.72. The second kappa shape index (κ2) is 9.20. The molecule has 0 aliphatic heterocycles. The molecule has 0 atom stereocenters. The van der Waals surface area contributed by atoms with Crippen LogP contribution in [0.25, 0.3) is 0 Å². The van der Waals surface area contributed by atoms with Gasteiger partial charge in [-0.3, -0.25) is 4.79 Å². The van der Waals surface area contributed by atoms with Crippen LogP contribution < -0.4 is 16.0 Å². The lowest BCUT2D eigenvalue weighted by atomic mass is 10.2. The minimum atomic E-state index is -0.324. The standard InChI is InChI=1S/C14H20ClN3O3/c1-3-21-8-4-7-17-14(20)18-10-5-6-11(12(15)9-10)13(19)16-2/h5-6,9H,3-4,7-8H2,1-2H3,(H,16,19)(H2,17,18,20). The Bertz CT molecular complexity index is 494. The van der Waals surface area contributed by atoms with Crippen molar-refractivity contribution in [3.8, 4) is 0 Å². The van der Waals surface area contributed by atoms with Crippen molar-refractivity contribution in [1.82, 2.24) is 10.6 Å². The molecule has 7 heteroatoms. The summed E-state index contributed by atoms with van der Waals surface area (Å²) >= 11 is 6.00. The molecular formula is C14H20ClN3O3. The Hall–Kier alpha value is -1.79. The van der Waals surface area contributed by atoms with Gasteiger partial charge < -0.3 is 20.7 Å². The minimum absolute atomic E-state index is 0.271. The largest absolute Gasteiger partial charge is 0.382 e. The normalized spacial score (nSPS) is 10.0. The van der Waals surface area contributed by atoms with Crippen molar-refractivity contribution < 1.29 is 14.3 Å². The SMILES string of the molecule is CCOCCCNC(=O)Nc1ccc(C(=O)NC)c(Cl)c1. The lowest BCUT2D eigenvalue weighted by Gasteiger charge is -2.09. The molecule has 3 amide bonds. The maximum Gasteiger partial charge on any atom is 0.319 e. The van der Waals surface area contributed by atoms with Gasteiger partial charge in [0.05, 0.1) is 10.6 Å². The van der Waals surface area contributed by atoms with E-state index < -0.39 is 0 Å². The summed E-state index contributed by atoms with van der Waals surface area (Å²) in [5.74, 6) is -0.271. The van der Waals surface area contributed by atoms with Gasteiger partial charge in [0.2, 0.25) is 0 Å². The summed E-state index contributed by atoms with van der Waals surface area (Å²) < 4.78 is 5.17. The predicted molar refractivity (Wildman–Crippen MR) is 83.0 cm³/mol. The molecule has 0 radical (unpaired) electrons. The summed E-state index contributed by atoms with van der Waals surface area (Å²) in [5.41, 5.74) is 0.886. The zero-order valence-electron chi connectivity index (χ0n) is 12.2. The molecular weight excluding hydrogens is 294 g/mol. The van der Waals surface area contributed by atoms with E-state index >= 15 is 0 Å². The van der Waals surface area contributed by atoms with Crippen LogP contribution in [0.1, 0.15) is 23.7 Å². The number of hydrogen-bond acceptors (Lipinski definition) is 3. The van der Waals surface area contributed by atoms with Crippen molar-refractivity contribution >= 4 is 29.2 Å². The number of rotatable bonds is 7. The summed E-state index contributed by atoms with van der Waals surface area (Å²) in [6.45, 7) is 3.73. The van der Waals surface area contributed by atoms with Gasteiger partial charge >= 0.3 is 6.03 Å². The van der Waals surface area contributed by atoms with Crippen molar-refractivity contribution in [2.45, 2.75) is 13.3 Å². The van der Waals surface area contributed by atoms with Crippen LogP contribution in [-0.2, 0) is 4.74 Å². The average molecular weight is 314 g/mol. The number of anilines is 1. The first-order chi connectivity index (χ1) is 10.1. The molecule has 0 aromatic heterocycles. The zero-order chi connectivity index (χ0) is 15.7. The van der Waals surface area contributed by atoms with Gasteiger partial charge in [0.1, 0.15) is 0 Å². The molecule has 0 bridgehead atoms. The van der Waals surface area contributed by atoms with Crippen LogP contribution in [0.5, 0.6) is 0 Å². The average Bonchev–Trinajstić information content (AvgIpc) is 2.46. The quantitative estimate of drug-likeness (QED) is 0.675. The molecule has 0 saturated carbocycles. The van der Waals surface area contributed by atoms with Gasteiger partial charge in [-0.05, 0) is 31.5 Å². The van der Waals surface area contributed by atoms with Crippen molar-refractivity contribution in [2.75, 3.05) is 32.1 Å². The Labute approximate surface area is 129 Å². The van der Waals surface area contributed by atoms with E-state index in [4.69, 9.17) is 16.3 Å². The summed E-state index contributed by atoms with van der Waals surface area (Å²) in [7, 11) is 1.53.